The van der Waals surface area contributed by atoms with Gasteiger partial charge in [-0.25, -0.2) is 0 Å². The van der Waals surface area contributed by atoms with Crippen LogP contribution in [0, 0.1) is 13.8 Å². The molecule has 0 aliphatic carbocycles. The Hall–Kier alpha value is -1.83. The number of nitrogens with one attached hydrogen (secondary N) is 1. The summed E-state index contributed by atoms with van der Waals surface area (Å²) in [5.41, 5.74) is 1.79. The summed E-state index contributed by atoms with van der Waals surface area (Å²) in [7, 11) is 0. The summed E-state index contributed by atoms with van der Waals surface area (Å²) in [5, 5.41) is 8.92. The highest BCUT2D eigenvalue weighted by Gasteiger charge is 2.28. The SMILES string of the molecule is Cc1cc(C)n(C(CNC(=O)CCC(F)(F)F)c2cccs2)n1. The topological polar surface area (TPSA) is 46.9 Å². The van der Waals surface area contributed by atoms with Gasteiger partial charge in [-0.1, -0.05) is 6.07 Å². The molecule has 0 saturated heterocycles. The van der Waals surface area contributed by atoms with Crippen molar-refractivity contribution >= 4 is 17.2 Å². The average molecular weight is 345 g/mol. The van der Waals surface area contributed by atoms with Gasteiger partial charge in [-0.15, -0.1) is 11.3 Å². The van der Waals surface area contributed by atoms with Gasteiger partial charge < -0.3 is 5.32 Å². The van der Waals surface area contributed by atoms with Gasteiger partial charge in [-0.2, -0.15) is 18.3 Å². The van der Waals surface area contributed by atoms with E-state index in [0.29, 0.717) is 0 Å². The molecule has 0 bridgehead atoms. The number of aryl methyl sites for hydroxylation is 2. The summed E-state index contributed by atoms with van der Waals surface area (Å²) < 4.78 is 38.3. The first-order chi connectivity index (χ1) is 10.8. The van der Waals surface area contributed by atoms with Gasteiger partial charge in [0.1, 0.15) is 6.04 Å². The highest BCUT2D eigenvalue weighted by Crippen LogP contribution is 2.24. The highest BCUT2D eigenvalue weighted by molar-refractivity contribution is 7.10. The molecule has 0 spiro atoms. The van der Waals surface area contributed by atoms with Crippen molar-refractivity contribution in [3.8, 4) is 0 Å². The molecule has 4 nitrogen and oxygen atoms in total. The van der Waals surface area contributed by atoms with E-state index in [1.54, 1.807) is 4.68 Å². The fourth-order valence-corrected chi connectivity index (χ4v) is 3.12. The Bertz CT molecular complexity index is 649. The van der Waals surface area contributed by atoms with Gasteiger partial charge in [-0.05, 0) is 31.4 Å². The Morgan fingerprint density at radius 1 is 1.43 bits per heavy atom. The lowest BCUT2D eigenvalue weighted by Crippen LogP contribution is -2.32. The predicted molar refractivity (Wildman–Crippen MR) is 82.5 cm³/mol. The second-order valence-corrected chi connectivity index (χ2v) is 6.30. The van der Waals surface area contributed by atoms with Gasteiger partial charge in [-0.3, -0.25) is 9.48 Å². The van der Waals surface area contributed by atoms with Crippen LogP contribution in [0.5, 0.6) is 0 Å². The molecule has 2 aromatic heterocycles. The molecule has 23 heavy (non-hydrogen) atoms. The van der Waals surface area contributed by atoms with E-state index in [1.165, 1.54) is 11.3 Å². The van der Waals surface area contributed by atoms with Gasteiger partial charge in [0.25, 0.3) is 0 Å². The lowest BCUT2D eigenvalue weighted by atomic mass is 10.2. The van der Waals surface area contributed by atoms with Crippen LogP contribution >= 0.6 is 11.3 Å². The number of aromatic nitrogens is 2. The van der Waals surface area contributed by atoms with Crippen LogP contribution in [0.3, 0.4) is 0 Å². The lowest BCUT2D eigenvalue weighted by molar-refractivity contribution is -0.144. The molecular formula is C15H18F3N3OS. The van der Waals surface area contributed by atoms with Crippen LogP contribution in [-0.4, -0.2) is 28.4 Å². The summed E-state index contributed by atoms with van der Waals surface area (Å²) in [6, 6.07) is 5.52. The first kappa shape index (κ1) is 17.5. The molecule has 126 valence electrons. The van der Waals surface area contributed by atoms with Crippen LogP contribution in [0.1, 0.15) is 35.1 Å². The summed E-state index contributed by atoms with van der Waals surface area (Å²) in [6.07, 6.45) is -5.99. The van der Waals surface area contributed by atoms with E-state index in [9.17, 15) is 18.0 Å². The Morgan fingerprint density at radius 2 is 2.17 bits per heavy atom. The first-order valence-corrected chi connectivity index (χ1v) is 8.04. The second kappa shape index (κ2) is 7.16. The number of nitrogens with zero attached hydrogens (tertiary/aromatic N) is 2. The van der Waals surface area contributed by atoms with Crippen LogP contribution in [-0.2, 0) is 4.79 Å². The molecule has 1 unspecified atom stereocenters. The third kappa shape index (κ3) is 5.09. The minimum absolute atomic E-state index is 0.208. The maximum absolute atomic E-state index is 12.2. The zero-order chi connectivity index (χ0) is 17.0. The van der Waals surface area contributed by atoms with E-state index in [0.717, 1.165) is 16.3 Å². The fraction of sp³-hybridized carbons (Fsp3) is 0.467. The number of hydrogen-bond donors (Lipinski definition) is 1. The molecule has 2 rings (SSSR count). The second-order valence-electron chi connectivity index (χ2n) is 5.32. The number of thiophene rings is 1. The van der Waals surface area contributed by atoms with Crippen LogP contribution in [0.25, 0.3) is 0 Å². The zero-order valence-electron chi connectivity index (χ0n) is 12.9. The van der Waals surface area contributed by atoms with Crippen LogP contribution in [0.15, 0.2) is 23.6 Å². The first-order valence-electron chi connectivity index (χ1n) is 7.16. The molecule has 8 heteroatoms. The van der Waals surface area contributed by atoms with E-state index < -0.39 is 24.9 Å². The number of carbonyl (C=O) groups is 1. The lowest BCUT2D eigenvalue weighted by Gasteiger charge is -2.19. The van der Waals surface area contributed by atoms with E-state index in [2.05, 4.69) is 10.4 Å². The third-order valence-corrected chi connectivity index (χ3v) is 4.31. The van der Waals surface area contributed by atoms with Crippen molar-refractivity contribution in [3.05, 3.63) is 39.8 Å². The maximum Gasteiger partial charge on any atom is 0.389 e. The number of halogens is 3. The third-order valence-electron chi connectivity index (χ3n) is 3.34. The number of amides is 1. The summed E-state index contributed by atoms with van der Waals surface area (Å²) >= 11 is 1.52. The quantitative estimate of drug-likeness (QED) is 0.869. The largest absolute Gasteiger partial charge is 0.389 e. The number of carbonyl (C=O) groups excluding carboxylic acids is 1. The molecule has 0 aromatic carbocycles. The highest BCUT2D eigenvalue weighted by atomic mass is 32.1. The molecule has 1 N–H and O–H groups in total. The van der Waals surface area contributed by atoms with Crippen molar-refractivity contribution in [2.24, 2.45) is 0 Å². The van der Waals surface area contributed by atoms with Crippen molar-refractivity contribution in [2.75, 3.05) is 6.54 Å². The van der Waals surface area contributed by atoms with Gasteiger partial charge in [0, 0.05) is 23.5 Å². The minimum atomic E-state index is -4.32. The summed E-state index contributed by atoms with van der Waals surface area (Å²) in [5.74, 6) is -0.606. The van der Waals surface area contributed by atoms with Crippen molar-refractivity contribution < 1.29 is 18.0 Å². The summed E-state index contributed by atoms with van der Waals surface area (Å²) in [6.45, 7) is 3.99. The van der Waals surface area contributed by atoms with E-state index in [1.807, 2.05) is 37.4 Å². The van der Waals surface area contributed by atoms with Gasteiger partial charge >= 0.3 is 6.18 Å². The van der Waals surface area contributed by atoms with E-state index in [4.69, 9.17) is 0 Å². The van der Waals surface area contributed by atoms with Crippen LogP contribution in [0.4, 0.5) is 13.2 Å². The molecule has 2 heterocycles. The van der Waals surface area contributed by atoms with Gasteiger partial charge in [0.15, 0.2) is 0 Å². The van der Waals surface area contributed by atoms with E-state index >= 15 is 0 Å². The van der Waals surface area contributed by atoms with Gasteiger partial charge in [0.05, 0.1) is 12.1 Å². The van der Waals surface area contributed by atoms with Crippen molar-refractivity contribution in [1.29, 1.82) is 0 Å². The number of hydrogen-bond acceptors (Lipinski definition) is 3. The van der Waals surface area contributed by atoms with Crippen molar-refractivity contribution in [1.82, 2.24) is 15.1 Å². The maximum atomic E-state index is 12.2. The van der Waals surface area contributed by atoms with Crippen molar-refractivity contribution in [2.45, 2.75) is 38.9 Å². The van der Waals surface area contributed by atoms with E-state index in [-0.39, 0.29) is 12.6 Å². The normalized spacial score (nSPS) is 13.1. The molecular weight excluding hydrogens is 327 g/mol. The Morgan fingerprint density at radius 3 is 2.70 bits per heavy atom. The molecule has 0 aliphatic heterocycles. The molecule has 0 radical (unpaired) electrons. The molecule has 2 aromatic rings. The molecule has 0 aliphatic rings. The minimum Gasteiger partial charge on any atom is -0.354 e. The average Bonchev–Trinajstić information content (AvgIpc) is 3.07. The molecule has 0 fully saturated rings. The smallest absolute Gasteiger partial charge is 0.354 e. The zero-order valence-corrected chi connectivity index (χ0v) is 13.7. The van der Waals surface area contributed by atoms with Crippen molar-refractivity contribution in [3.63, 3.8) is 0 Å². The van der Waals surface area contributed by atoms with Gasteiger partial charge in [0.2, 0.25) is 5.91 Å². The monoisotopic (exact) mass is 345 g/mol. The Balaban J connectivity index is 2.05. The standard InChI is InChI=1S/C15H18F3N3OS/c1-10-8-11(2)21(20-10)12(13-4-3-7-23-13)9-19-14(22)5-6-15(16,17)18/h3-4,7-8,12H,5-6,9H2,1-2H3,(H,19,22). The molecule has 1 atom stereocenters. The van der Waals surface area contributed by atoms with Crippen LogP contribution in [0.2, 0.25) is 0 Å². The van der Waals surface area contributed by atoms with Crippen LogP contribution < -0.4 is 5.32 Å². The predicted octanol–water partition coefficient (Wildman–Crippen LogP) is 3.61. The molecule has 1 amide bonds. The number of rotatable bonds is 6. The fourth-order valence-electron chi connectivity index (χ4n) is 2.30. The number of alkyl halides is 3. The Kier molecular flexibility index (Phi) is 5.46. The Labute approximate surface area is 136 Å². The molecule has 0 saturated carbocycles. The summed E-state index contributed by atoms with van der Waals surface area (Å²) in [4.78, 5) is 12.6.